The summed E-state index contributed by atoms with van der Waals surface area (Å²) in [6.45, 7) is 0.667. The van der Waals surface area contributed by atoms with Crippen LogP contribution in [0.3, 0.4) is 0 Å². The molecular weight excluding hydrogens is 246 g/mol. The van der Waals surface area contributed by atoms with Crippen molar-refractivity contribution in [2.45, 2.75) is 12.8 Å². The van der Waals surface area contributed by atoms with Gasteiger partial charge in [-0.2, -0.15) is 0 Å². The average Bonchev–Trinajstić information content (AvgIpc) is 2.34. The molecule has 1 N–H and O–H groups in total. The number of benzene rings is 1. The number of para-hydroxylation sites is 1. The molecular formula is C14H17NO4. The lowest BCUT2D eigenvalue weighted by molar-refractivity contribution is -0.152. The van der Waals surface area contributed by atoms with Crippen molar-refractivity contribution < 1.29 is 19.4 Å². The fraction of sp³-hybridized carbons (Fsp3) is 0.429. The molecule has 1 fully saturated rings. The predicted molar refractivity (Wildman–Crippen MR) is 69.0 cm³/mol. The van der Waals surface area contributed by atoms with E-state index in [2.05, 4.69) is 0 Å². The molecule has 0 unspecified atom stereocenters. The van der Waals surface area contributed by atoms with Crippen molar-refractivity contribution >= 4 is 11.9 Å². The highest BCUT2D eigenvalue weighted by Crippen LogP contribution is 2.21. The fourth-order valence-electron chi connectivity index (χ4n) is 2.15. The molecule has 0 atom stereocenters. The predicted octanol–water partition coefficient (Wildman–Crippen LogP) is 1.17. The number of rotatable bonds is 5. The van der Waals surface area contributed by atoms with Gasteiger partial charge < -0.3 is 14.7 Å². The third-order valence-electron chi connectivity index (χ3n) is 3.38. The summed E-state index contributed by atoms with van der Waals surface area (Å²) in [5.74, 6) is -0.435. The molecule has 2 rings (SSSR count). The number of aliphatic carboxylic acids is 1. The van der Waals surface area contributed by atoms with Crippen molar-refractivity contribution in [3.8, 4) is 5.75 Å². The molecule has 5 heteroatoms. The second-order valence-corrected chi connectivity index (χ2v) is 4.65. The van der Waals surface area contributed by atoms with Crippen LogP contribution in [0.1, 0.15) is 12.0 Å². The van der Waals surface area contributed by atoms with Crippen LogP contribution in [0.2, 0.25) is 0 Å². The van der Waals surface area contributed by atoms with Gasteiger partial charge in [-0.1, -0.05) is 18.2 Å². The van der Waals surface area contributed by atoms with E-state index in [1.807, 2.05) is 24.3 Å². The zero-order chi connectivity index (χ0) is 13.8. The number of nitrogens with zero attached hydrogens (tertiary/aromatic N) is 1. The third kappa shape index (κ3) is 3.05. The maximum absolute atomic E-state index is 11.9. The highest BCUT2D eigenvalue weighted by Gasteiger charge is 2.35. The van der Waals surface area contributed by atoms with Gasteiger partial charge in [0.25, 0.3) is 0 Å². The molecule has 5 nitrogen and oxygen atoms in total. The summed E-state index contributed by atoms with van der Waals surface area (Å²) in [6, 6.07) is 7.59. The Labute approximate surface area is 111 Å². The van der Waals surface area contributed by atoms with Gasteiger partial charge in [0.2, 0.25) is 5.91 Å². The molecule has 1 amide bonds. The molecule has 0 spiro atoms. The Morgan fingerprint density at radius 2 is 2.05 bits per heavy atom. The van der Waals surface area contributed by atoms with E-state index in [-0.39, 0.29) is 5.91 Å². The largest absolute Gasteiger partial charge is 0.496 e. The van der Waals surface area contributed by atoms with Crippen molar-refractivity contribution in [3.63, 3.8) is 0 Å². The second kappa shape index (κ2) is 5.73. The molecule has 1 aliphatic rings. The summed E-state index contributed by atoms with van der Waals surface area (Å²) < 4.78 is 5.22. The average molecular weight is 263 g/mol. The third-order valence-corrected chi connectivity index (χ3v) is 3.38. The van der Waals surface area contributed by atoms with Gasteiger partial charge in [-0.15, -0.1) is 0 Å². The fourth-order valence-corrected chi connectivity index (χ4v) is 2.15. The Kier molecular flexibility index (Phi) is 4.04. The number of aryl methyl sites for hydroxylation is 1. The van der Waals surface area contributed by atoms with E-state index in [1.165, 1.54) is 0 Å². The summed E-state index contributed by atoms with van der Waals surface area (Å²) in [5.41, 5.74) is 0.994. The summed E-state index contributed by atoms with van der Waals surface area (Å²) in [5, 5.41) is 8.75. The van der Waals surface area contributed by atoms with E-state index in [4.69, 9.17) is 9.84 Å². The zero-order valence-electron chi connectivity index (χ0n) is 10.8. The Morgan fingerprint density at radius 3 is 2.68 bits per heavy atom. The van der Waals surface area contributed by atoms with E-state index in [0.717, 1.165) is 11.3 Å². The first kappa shape index (κ1) is 13.4. The van der Waals surface area contributed by atoms with Crippen LogP contribution in [0.15, 0.2) is 24.3 Å². The summed E-state index contributed by atoms with van der Waals surface area (Å²) in [7, 11) is 1.60. The number of hydrogen-bond donors (Lipinski definition) is 1. The van der Waals surface area contributed by atoms with Gasteiger partial charge in [-0.25, -0.2) is 0 Å². The molecule has 1 heterocycles. The molecule has 0 bridgehead atoms. The summed E-state index contributed by atoms with van der Waals surface area (Å²) in [4.78, 5) is 24.1. The molecule has 1 aliphatic heterocycles. The molecule has 0 aliphatic carbocycles. The van der Waals surface area contributed by atoms with E-state index < -0.39 is 11.9 Å². The quantitative estimate of drug-likeness (QED) is 0.866. The Morgan fingerprint density at radius 1 is 1.37 bits per heavy atom. The number of amides is 1. The molecule has 0 aromatic heterocycles. The van der Waals surface area contributed by atoms with E-state index in [9.17, 15) is 9.59 Å². The van der Waals surface area contributed by atoms with Gasteiger partial charge in [-0.05, 0) is 18.1 Å². The van der Waals surface area contributed by atoms with Gasteiger partial charge in [-0.3, -0.25) is 9.59 Å². The highest BCUT2D eigenvalue weighted by molar-refractivity contribution is 5.81. The summed E-state index contributed by atoms with van der Waals surface area (Å²) in [6.07, 6.45) is 0.990. The van der Waals surface area contributed by atoms with E-state index in [1.54, 1.807) is 12.0 Å². The molecule has 1 aromatic carbocycles. The number of carboxylic acid groups (broad SMARTS) is 1. The monoisotopic (exact) mass is 263 g/mol. The number of hydrogen-bond acceptors (Lipinski definition) is 3. The zero-order valence-corrected chi connectivity index (χ0v) is 10.8. The van der Waals surface area contributed by atoms with Crippen molar-refractivity contribution in [3.05, 3.63) is 29.8 Å². The van der Waals surface area contributed by atoms with Crippen LogP contribution >= 0.6 is 0 Å². The van der Waals surface area contributed by atoms with E-state index in [0.29, 0.717) is 25.9 Å². The minimum absolute atomic E-state index is 0.00315. The number of carboxylic acids is 1. The van der Waals surface area contributed by atoms with Crippen LogP contribution in [0.4, 0.5) is 0 Å². The van der Waals surface area contributed by atoms with Crippen molar-refractivity contribution in [2.24, 2.45) is 5.92 Å². The lowest BCUT2D eigenvalue weighted by Gasteiger charge is -2.36. The van der Waals surface area contributed by atoms with Crippen molar-refractivity contribution in [1.29, 1.82) is 0 Å². The number of ether oxygens (including phenoxy) is 1. The lowest BCUT2D eigenvalue weighted by atomic mass is 9.99. The molecule has 1 aromatic rings. The van der Waals surface area contributed by atoms with E-state index >= 15 is 0 Å². The first-order chi connectivity index (χ1) is 9.11. The smallest absolute Gasteiger partial charge is 0.310 e. The van der Waals surface area contributed by atoms with Crippen LogP contribution in [0.25, 0.3) is 0 Å². The minimum atomic E-state index is -0.825. The first-order valence-corrected chi connectivity index (χ1v) is 6.24. The Hall–Kier alpha value is -2.04. The van der Waals surface area contributed by atoms with Gasteiger partial charge in [0.1, 0.15) is 5.75 Å². The van der Waals surface area contributed by atoms with Crippen molar-refractivity contribution in [2.75, 3.05) is 20.2 Å². The summed E-state index contributed by atoms with van der Waals surface area (Å²) >= 11 is 0. The minimum Gasteiger partial charge on any atom is -0.496 e. The maximum atomic E-state index is 11.9. The molecule has 0 saturated carbocycles. The van der Waals surface area contributed by atoms with Gasteiger partial charge in [0, 0.05) is 19.5 Å². The van der Waals surface area contributed by atoms with Crippen LogP contribution in [-0.4, -0.2) is 42.1 Å². The van der Waals surface area contributed by atoms with Crippen LogP contribution in [-0.2, 0) is 16.0 Å². The topological polar surface area (TPSA) is 66.8 Å². The molecule has 1 saturated heterocycles. The molecule has 102 valence electrons. The highest BCUT2D eigenvalue weighted by atomic mass is 16.5. The Balaban J connectivity index is 1.83. The molecule has 19 heavy (non-hydrogen) atoms. The number of carbonyl (C=O) groups excluding carboxylic acids is 1. The van der Waals surface area contributed by atoms with Crippen LogP contribution < -0.4 is 4.74 Å². The Bertz CT molecular complexity index is 480. The SMILES string of the molecule is COc1ccccc1CCC(=O)N1CC(C(=O)O)C1. The lowest BCUT2D eigenvalue weighted by Crippen LogP contribution is -2.53. The van der Waals surface area contributed by atoms with Crippen LogP contribution in [0.5, 0.6) is 5.75 Å². The van der Waals surface area contributed by atoms with Gasteiger partial charge >= 0.3 is 5.97 Å². The number of methoxy groups -OCH3 is 1. The standard InChI is InChI=1S/C14H17NO4/c1-19-12-5-3-2-4-10(12)6-7-13(16)15-8-11(9-15)14(17)18/h2-5,11H,6-9H2,1H3,(H,17,18). The number of likely N-dealkylation sites (tertiary alicyclic amines) is 1. The van der Waals surface area contributed by atoms with Crippen molar-refractivity contribution in [1.82, 2.24) is 4.90 Å². The maximum Gasteiger partial charge on any atom is 0.310 e. The normalized spacial score (nSPS) is 14.9. The van der Waals surface area contributed by atoms with Crippen LogP contribution in [0, 0.1) is 5.92 Å². The second-order valence-electron chi connectivity index (χ2n) is 4.65. The number of carbonyl (C=O) groups is 2. The van der Waals surface area contributed by atoms with Gasteiger partial charge in [0.05, 0.1) is 13.0 Å². The molecule has 0 radical (unpaired) electrons. The first-order valence-electron chi connectivity index (χ1n) is 6.24. The van der Waals surface area contributed by atoms with Gasteiger partial charge in [0.15, 0.2) is 0 Å².